The maximum Gasteiger partial charge on any atom is 0.243 e. The van der Waals surface area contributed by atoms with Crippen molar-refractivity contribution in [2.75, 3.05) is 26.2 Å². The van der Waals surface area contributed by atoms with Crippen LogP contribution in [0.5, 0.6) is 0 Å². The molecule has 1 fully saturated rings. The van der Waals surface area contributed by atoms with E-state index in [-0.39, 0.29) is 0 Å². The lowest BCUT2D eigenvalue weighted by atomic mass is 10.1. The molecule has 4 rings (SSSR count). The smallest absolute Gasteiger partial charge is 0.243 e. The van der Waals surface area contributed by atoms with Crippen LogP contribution in [0.15, 0.2) is 51.9 Å². The van der Waals surface area contributed by atoms with Crippen molar-refractivity contribution in [3.63, 3.8) is 0 Å². The van der Waals surface area contributed by atoms with Gasteiger partial charge in [-0.3, -0.25) is 4.90 Å². The number of rotatable bonds is 6. The van der Waals surface area contributed by atoms with Gasteiger partial charge < -0.3 is 4.52 Å². The molecule has 0 N–H and O–H groups in total. The summed E-state index contributed by atoms with van der Waals surface area (Å²) < 4.78 is 32.9. The van der Waals surface area contributed by atoms with Crippen LogP contribution in [0, 0.1) is 0 Å². The van der Waals surface area contributed by atoms with E-state index in [9.17, 15) is 8.42 Å². The Bertz CT molecular complexity index is 1060. The maximum absolute atomic E-state index is 13.0. The van der Waals surface area contributed by atoms with Crippen molar-refractivity contribution in [2.24, 2.45) is 0 Å². The molecule has 0 spiro atoms. The second-order valence-electron chi connectivity index (χ2n) is 7.04. The fourth-order valence-corrected chi connectivity index (χ4v) is 4.93. The third-order valence-electron chi connectivity index (χ3n) is 5.03. The number of hydrogen-bond acceptors (Lipinski definition) is 6. The Morgan fingerprint density at radius 2 is 1.79 bits per heavy atom. The van der Waals surface area contributed by atoms with Gasteiger partial charge in [0.05, 0.1) is 11.4 Å². The highest BCUT2D eigenvalue weighted by Crippen LogP contribution is 2.23. The molecule has 1 aliphatic rings. The summed E-state index contributed by atoms with van der Waals surface area (Å²) in [6, 6.07) is 13.1. The Morgan fingerprint density at radius 3 is 2.54 bits per heavy atom. The zero-order valence-corrected chi connectivity index (χ0v) is 16.7. The average molecular weight is 401 g/mol. The van der Waals surface area contributed by atoms with Crippen LogP contribution in [0.25, 0.3) is 10.8 Å². The molecule has 2 aromatic carbocycles. The second-order valence-corrected chi connectivity index (χ2v) is 8.98. The molecular formula is C20H24N4O3S. The molecule has 1 saturated heterocycles. The van der Waals surface area contributed by atoms with Crippen LogP contribution < -0.4 is 0 Å². The first-order chi connectivity index (χ1) is 13.6. The highest BCUT2D eigenvalue weighted by atomic mass is 32.2. The highest BCUT2D eigenvalue weighted by Gasteiger charge is 2.29. The van der Waals surface area contributed by atoms with Crippen molar-refractivity contribution in [2.45, 2.75) is 31.2 Å². The molecule has 0 saturated carbocycles. The molecule has 1 aliphatic heterocycles. The quantitative estimate of drug-likeness (QED) is 0.633. The Kier molecular flexibility index (Phi) is 5.43. The predicted octanol–water partition coefficient (Wildman–Crippen LogP) is 2.68. The zero-order valence-electron chi connectivity index (χ0n) is 15.9. The van der Waals surface area contributed by atoms with E-state index in [4.69, 9.17) is 4.52 Å². The van der Waals surface area contributed by atoms with Gasteiger partial charge in [0.15, 0.2) is 5.82 Å². The van der Waals surface area contributed by atoms with E-state index in [0.717, 1.165) is 23.6 Å². The Balaban J connectivity index is 1.41. The van der Waals surface area contributed by atoms with Crippen molar-refractivity contribution in [3.05, 3.63) is 54.2 Å². The van der Waals surface area contributed by atoms with Gasteiger partial charge in [0.1, 0.15) is 0 Å². The van der Waals surface area contributed by atoms with Gasteiger partial charge in [0.2, 0.25) is 15.9 Å². The Morgan fingerprint density at radius 1 is 1.04 bits per heavy atom. The van der Waals surface area contributed by atoms with Crippen LogP contribution in [0.1, 0.15) is 25.1 Å². The van der Waals surface area contributed by atoms with Crippen LogP contribution in [0.3, 0.4) is 0 Å². The molecule has 0 amide bonds. The van der Waals surface area contributed by atoms with Crippen LogP contribution >= 0.6 is 0 Å². The molecule has 1 aromatic heterocycles. The van der Waals surface area contributed by atoms with Crippen molar-refractivity contribution >= 4 is 20.8 Å². The zero-order chi connectivity index (χ0) is 19.6. The van der Waals surface area contributed by atoms with Gasteiger partial charge in [-0.15, -0.1) is 0 Å². The van der Waals surface area contributed by atoms with Crippen LogP contribution in [-0.2, 0) is 23.0 Å². The Hall–Kier alpha value is -2.29. The van der Waals surface area contributed by atoms with Gasteiger partial charge in [-0.05, 0) is 29.3 Å². The first kappa shape index (κ1) is 19.0. The minimum Gasteiger partial charge on any atom is -0.339 e. The van der Waals surface area contributed by atoms with Crippen molar-refractivity contribution in [1.82, 2.24) is 19.3 Å². The summed E-state index contributed by atoms with van der Waals surface area (Å²) in [5, 5.41) is 5.98. The normalized spacial score (nSPS) is 16.6. The lowest BCUT2D eigenvalue weighted by molar-refractivity contribution is 0.176. The predicted molar refractivity (Wildman–Crippen MR) is 106 cm³/mol. The van der Waals surface area contributed by atoms with Crippen molar-refractivity contribution in [1.29, 1.82) is 0 Å². The number of hydrogen-bond donors (Lipinski definition) is 0. The number of sulfonamides is 1. The molecule has 7 nitrogen and oxygen atoms in total. The number of benzene rings is 2. The molecule has 148 valence electrons. The monoisotopic (exact) mass is 400 g/mol. The number of aromatic nitrogens is 2. The summed E-state index contributed by atoms with van der Waals surface area (Å²) in [5.41, 5.74) is 0. The van der Waals surface area contributed by atoms with E-state index in [1.165, 1.54) is 0 Å². The SMILES string of the molecule is CCCc1nc(CN2CCN(S(=O)(=O)c3ccc4ccccc4c3)CC2)no1. The molecule has 2 heterocycles. The van der Waals surface area contributed by atoms with E-state index in [2.05, 4.69) is 22.0 Å². The van der Waals surface area contributed by atoms with E-state index in [1.54, 1.807) is 16.4 Å². The van der Waals surface area contributed by atoms with E-state index < -0.39 is 10.0 Å². The van der Waals surface area contributed by atoms with Gasteiger partial charge in [-0.25, -0.2) is 8.42 Å². The first-order valence-corrected chi connectivity index (χ1v) is 11.0. The summed E-state index contributed by atoms with van der Waals surface area (Å²) in [4.78, 5) is 6.90. The lowest BCUT2D eigenvalue weighted by Crippen LogP contribution is -2.48. The summed E-state index contributed by atoms with van der Waals surface area (Å²) in [5.74, 6) is 1.32. The standard InChI is InChI=1S/C20H24N4O3S/c1-2-5-20-21-19(22-27-20)15-23-10-12-24(13-11-23)28(25,26)18-9-8-16-6-3-4-7-17(16)14-18/h3-4,6-9,14H,2,5,10-13,15H2,1H3. The summed E-state index contributed by atoms with van der Waals surface area (Å²) in [6.07, 6.45) is 1.75. The lowest BCUT2D eigenvalue weighted by Gasteiger charge is -2.33. The van der Waals surface area contributed by atoms with Gasteiger partial charge in [0.25, 0.3) is 0 Å². The molecular weight excluding hydrogens is 376 g/mol. The molecule has 0 aliphatic carbocycles. The van der Waals surface area contributed by atoms with Crippen molar-refractivity contribution < 1.29 is 12.9 Å². The fraction of sp³-hybridized carbons (Fsp3) is 0.400. The molecule has 0 bridgehead atoms. The molecule has 0 radical (unpaired) electrons. The first-order valence-electron chi connectivity index (χ1n) is 9.59. The van der Waals surface area contributed by atoms with E-state index in [1.807, 2.05) is 30.3 Å². The molecule has 3 aromatic rings. The Labute approximate surface area is 165 Å². The second kappa shape index (κ2) is 7.98. The highest BCUT2D eigenvalue weighted by molar-refractivity contribution is 7.89. The van der Waals surface area contributed by atoms with Gasteiger partial charge >= 0.3 is 0 Å². The minimum absolute atomic E-state index is 0.349. The van der Waals surface area contributed by atoms with Crippen LogP contribution in [0.4, 0.5) is 0 Å². The number of fused-ring (bicyclic) bond motifs is 1. The molecule has 0 atom stereocenters. The maximum atomic E-state index is 13.0. The average Bonchev–Trinajstić information content (AvgIpc) is 3.15. The van der Waals surface area contributed by atoms with Gasteiger partial charge in [0, 0.05) is 32.6 Å². The topological polar surface area (TPSA) is 79.5 Å². The molecule has 0 unspecified atom stereocenters. The van der Waals surface area contributed by atoms with Gasteiger partial charge in [-0.2, -0.15) is 9.29 Å². The summed E-state index contributed by atoms with van der Waals surface area (Å²) in [6.45, 7) is 4.84. The van der Waals surface area contributed by atoms with Crippen LogP contribution in [-0.4, -0.2) is 53.9 Å². The van der Waals surface area contributed by atoms with Crippen molar-refractivity contribution in [3.8, 4) is 0 Å². The van der Waals surface area contributed by atoms with Crippen LogP contribution in [0.2, 0.25) is 0 Å². The van der Waals surface area contributed by atoms with E-state index in [0.29, 0.717) is 49.3 Å². The minimum atomic E-state index is -3.50. The largest absolute Gasteiger partial charge is 0.339 e. The third-order valence-corrected chi connectivity index (χ3v) is 6.92. The number of piperazine rings is 1. The number of aryl methyl sites for hydroxylation is 1. The summed E-state index contributed by atoms with van der Waals surface area (Å²) >= 11 is 0. The summed E-state index contributed by atoms with van der Waals surface area (Å²) in [7, 11) is -3.50. The van der Waals surface area contributed by atoms with E-state index >= 15 is 0 Å². The number of nitrogens with zero attached hydrogens (tertiary/aromatic N) is 4. The molecule has 28 heavy (non-hydrogen) atoms. The third kappa shape index (κ3) is 3.94. The van der Waals surface area contributed by atoms with Gasteiger partial charge in [-0.1, -0.05) is 42.4 Å². The fourth-order valence-electron chi connectivity index (χ4n) is 3.47. The molecule has 8 heteroatoms.